The summed E-state index contributed by atoms with van der Waals surface area (Å²) >= 11 is 0. The van der Waals surface area contributed by atoms with Crippen molar-refractivity contribution in [3.63, 3.8) is 0 Å². The molecule has 0 aromatic carbocycles. The van der Waals surface area contributed by atoms with E-state index >= 15 is 0 Å². The number of alkyl halides is 1. The minimum atomic E-state index is -2.14. The van der Waals surface area contributed by atoms with Gasteiger partial charge in [0.2, 0.25) is 0 Å². The lowest BCUT2D eigenvalue weighted by Gasteiger charge is -2.38. The average Bonchev–Trinajstić information content (AvgIpc) is 2.08. The first-order chi connectivity index (χ1) is 5.46. The van der Waals surface area contributed by atoms with E-state index in [4.69, 9.17) is 25.5 Å². The number of aliphatic hydroxyl groups is 5. The molecule has 12 heavy (non-hydrogen) atoms. The fraction of sp³-hybridized carbons (Fsp3) is 1.00. The van der Waals surface area contributed by atoms with Crippen LogP contribution < -0.4 is 0 Å². The Morgan fingerprint density at radius 1 is 0.583 bits per heavy atom. The van der Waals surface area contributed by atoms with Crippen molar-refractivity contribution in [3.8, 4) is 0 Å². The van der Waals surface area contributed by atoms with Crippen LogP contribution in [0.15, 0.2) is 0 Å². The Hall–Kier alpha value is -0.270. The molecule has 0 radical (unpaired) electrons. The summed E-state index contributed by atoms with van der Waals surface area (Å²) in [6, 6.07) is 0. The van der Waals surface area contributed by atoms with Gasteiger partial charge in [0.05, 0.1) is 0 Å². The number of hydrogen-bond acceptors (Lipinski definition) is 5. The van der Waals surface area contributed by atoms with Gasteiger partial charge in [-0.05, 0) is 0 Å². The molecular weight excluding hydrogens is 171 g/mol. The summed E-state index contributed by atoms with van der Waals surface area (Å²) in [5.41, 5.74) is 0. The second-order valence-electron chi connectivity index (χ2n) is 2.90. The SMILES string of the molecule is OC1[C@H](O)[C@H](O)C(F)[C@@H](O)[C@H]1O. The van der Waals surface area contributed by atoms with Gasteiger partial charge in [-0.1, -0.05) is 0 Å². The standard InChI is InChI=1S/C6H11FO5/c7-1-2(8)4(10)6(12)5(11)3(1)9/h1-6,8-12H/t1?,2-,3-,4-,5-,6?/m1/s1. The fourth-order valence-electron chi connectivity index (χ4n) is 1.18. The molecule has 1 aliphatic rings. The van der Waals surface area contributed by atoms with E-state index in [1.54, 1.807) is 0 Å². The topological polar surface area (TPSA) is 101 Å². The molecule has 4 atom stereocenters. The molecule has 0 aromatic rings. The van der Waals surface area contributed by atoms with E-state index in [0.29, 0.717) is 0 Å². The van der Waals surface area contributed by atoms with Crippen LogP contribution in [0.25, 0.3) is 0 Å². The van der Waals surface area contributed by atoms with Gasteiger partial charge in [0.15, 0.2) is 6.17 Å². The predicted molar refractivity (Wildman–Crippen MR) is 34.9 cm³/mol. The van der Waals surface area contributed by atoms with Crippen LogP contribution in [-0.2, 0) is 0 Å². The van der Waals surface area contributed by atoms with Crippen LogP contribution in [0.1, 0.15) is 0 Å². The summed E-state index contributed by atoms with van der Waals surface area (Å²) in [6.07, 6.45) is -11.1. The second kappa shape index (κ2) is 3.23. The van der Waals surface area contributed by atoms with Gasteiger partial charge in [-0.15, -0.1) is 0 Å². The van der Waals surface area contributed by atoms with Gasteiger partial charge in [-0.25, -0.2) is 4.39 Å². The van der Waals surface area contributed by atoms with Gasteiger partial charge < -0.3 is 25.5 Å². The Kier molecular flexibility index (Phi) is 2.64. The van der Waals surface area contributed by atoms with Gasteiger partial charge in [-0.2, -0.15) is 0 Å². The van der Waals surface area contributed by atoms with Crippen molar-refractivity contribution in [1.82, 2.24) is 0 Å². The van der Waals surface area contributed by atoms with Crippen molar-refractivity contribution in [1.29, 1.82) is 0 Å². The van der Waals surface area contributed by atoms with E-state index in [1.165, 1.54) is 0 Å². The van der Waals surface area contributed by atoms with Gasteiger partial charge in [0.25, 0.3) is 0 Å². The summed E-state index contributed by atoms with van der Waals surface area (Å²) in [5, 5.41) is 44.4. The van der Waals surface area contributed by atoms with E-state index in [2.05, 4.69) is 0 Å². The minimum Gasteiger partial charge on any atom is -0.387 e. The first-order valence-corrected chi connectivity index (χ1v) is 3.51. The fourth-order valence-corrected chi connectivity index (χ4v) is 1.18. The van der Waals surface area contributed by atoms with E-state index < -0.39 is 36.7 Å². The molecule has 0 amide bonds. The maximum Gasteiger partial charge on any atom is 0.157 e. The molecule has 0 spiro atoms. The Morgan fingerprint density at radius 2 is 0.833 bits per heavy atom. The third kappa shape index (κ3) is 1.32. The third-order valence-corrected chi connectivity index (χ3v) is 2.05. The molecule has 0 aromatic heterocycles. The van der Waals surface area contributed by atoms with Crippen LogP contribution in [0.2, 0.25) is 0 Å². The lowest BCUT2D eigenvalue weighted by atomic mass is 9.86. The Labute approximate surface area is 67.7 Å². The molecule has 5 nitrogen and oxygen atoms in total. The highest BCUT2D eigenvalue weighted by Gasteiger charge is 2.48. The first kappa shape index (κ1) is 9.82. The highest BCUT2D eigenvalue weighted by molar-refractivity contribution is 4.98. The molecule has 1 aliphatic carbocycles. The summed E-state index contributed by atoms with van der Waals surface area (Å²) in [4.78, 5) is 0. The number of rotatable bonds is 0. The van der Waals surface area contributed by atoms with Gasteiger partial charge in [0.1, 0.15) is 30.5 Å². The second-order valence-corrected chi connectivity index (χ2v) is 2.90. The molecular formula is C6H11FO5. The Balaban J connectivity index is 2.76. The minimum absolute atomic E-state index is 1.72. The molecule has 1 fully saturated rings. The Morgan fingerprint density at radius 3 is 1.17 bits per heavy atom. The molecule has 72 valence electrons. The summed E-state index contributed by atoms with van der Waals surface area (Å²) in [5.74, 6) is 0. The van der Waals surface area contributed by atoms with Crippen molar-refractivity contribution in [2.75, 3.05) is 0 Å². The maximum absolute atomic E-state index is 12.7. The zero-order valence-corrected chi connectivity index (χ0v) is 6.08. The average molecular weight is 182 g/mol. The van der Waals surface area contributed by atoms with Gasteiger partial charge in [0, 0.05) is 0 Å². The Bertz CT molecular complexity index is 107. The normalized spacial score (nSPS) is 55.5. The number of halogens is 1. The molecule has 1 saturated carbocycles. The number of hydrogen-bond donors (Lipinski definition) is 5. The highest BCUT2D eigenvalue weighted by atomic mass is 19.1. The van der Waals surface area contributed by atoms with Gasteiger partial charge >= 0.3 is 0 Å². The predicted octanol–water partition coefficient (Wildman–Crippen LogP) is -2.86. The summed E-state index contributed by atoms with van der Waals surface area (Å²) in [7, 11) is 0. The van der Waals surface area contributed by atoms with Crippen LogP contribution >= 0.6 is 0 Å². The lowest BCUT2D eigenvalue weighted by molar-refractivity contribution is -0.206. The van der Waals surface area contributed by atoms with Crippen molar-refractivity contribution in [2.24, 2.45) is 0 Å². The zero-order valence-electron chi connectivity index (χ0n) is 6.08. The van der Waals surface area contributed by atoms with Crippen molar-refractivity contribution in [3.05, 3.63) is 0 Å². The first-order valence-electron chi connectivity index (χ1n) is 3.51. The van der Waals surface area contributed by atoms with Crippen LogP contribution in [0, 0.1) is 0 Å². The largest absolute Gasteiger partial charge is 0.387 e. The molecule has 0 saturated heterocycles. The highest BCUT2D eigenvalue weighted by Crippen LogP contribution is 2.23. The van der Waals surface area contributed by atoms with E-state index in [-0.39, 0.29) is 0 Å². The summed E-state index contributed by atoms with van der Waals surface area (Å²) < 4.78 is 12.7. The third-order valence-electron chi connectivity index (χ3n) is 2.05. The molecule has 0 heterocycles. The zero-order chi connectivity index (χ0) is 9.46. The maximum atomic E-state index is 12.7. The van der Waals surface area contributed by atoms with E-state index in [9.17, 15) is 4.39 Å². The quantitative estimate of drug-likeness (QED) is 0.277. The molecule has 0 unspecified atom stereocenters. The van der Waals surface area contributed by atoms with Crippen LogP contribution in [0.4, 0.5) is 4.39 Å². The smallest absolute Gasteiger partial charge is 0.157 e. The van der Waals surface area contributed by atoms with E-state index in [0.717, 1.165) is 0 Å². The van der Waals surface area contributed by atoms with Crippen LogP contribution in [-0.4, -0.2) is 62.2 Å². The van der Waals surface area contributed by atoms with Crippen molar-refractivity contribution < 1.29 is 29.9 Å². The van der Waals surface area contributed by atoms with Crippen LogP contribution in [0.3, 0.4) is 0 Å². The number of aliphatic hydroxyl groups excluding tert-OH is 5. The lowest BCUT2D eigenvalue weighted by Crippen LogP contribution is -2.62. The molecule has 6 heteroatoms. The van der Waals surface area contributed by atoms with Crippen molar-refractivity contribution >= 4 is 0 Å². The van der Waals surface area contributed by atoms with E-state index in [1.807, 2.05) is 0 Å². The molecule has 0 aliphatic heterocycles. The van der Waals surface area contributed by atoms with Gasteiger partial charge in [-0.3, -0.25) is 0 Å². The van der Waals surface area contributed by atoms with Crippen LogP contribution in [0.5, 0.6) is 0 Å². The summed E-state index contributed by atoms with van der Waals surface area (Å²) in [6.45, 7) is 0. The molecule has 1 rings (SSSR count). The van der Waals surface area contributed by atoms with Crippen molar-refractivity contribution in [2.45, 2.75) is 36.7 Å². The monoisotopic (exact) mass is 182 g/mol. The molecule has 0 bridgehead atoms. The molecule has 5 N–H and O–H groups in total.